The number of thioether (sulfide) groups is 1. The van der Waals surface area contributed by atoms with E-state index in [9.17, 15) is 4.79 Å². The predicted octanol–water partition coefficient (Wildman–Crippen LogP) is 4.77. The summed E-state index contributed by atoms with van der Waals surface area (Å²) in [5, 5.41) is 14.5. The summed E-state index contributed by atoms with van der Waals surface area (Å²) in [5.41, 5.74) is 3.46. The van der Waals surface area contributed by atoms with Crippen molar-refractivity contribution in [2.45, 2.75) is 25.2 Å². The fourth-order valence-electron chi connectivity index (χ4n) is 2.98. The molecule has 0 aliphatic carbocycles. The predicted molar refractivity (Wildman–Crippen MR) is 123 cm³/mol. The fraction of sp³-hybridized carbons (Fsp3) is 0.174. The Balaban J connectivity index is 1.44. The molecule has 2 aromatic heterocycles. The van der Waals surface area contributed by atoms with Gasteiger partial charge in [-0.25, -0.2) is 0 Å². The molecule has 0 saturated heterocycles. The van der Waals surface area contributed by atoms with Crippen molar-refractivity contribution >= 4 is 29.0 Å². The zero-order chi connectivity index (χ0) is 20.8. The Kier molecular flexibility index (Phi) is 6.61. The normalized spacial score (nSPS) is 10.8. The molecule has 5 nitrogen and oxygen atoms in total. The maximum Gasteiger partial charge on any atom is 0.230 e. The van der Waals surface area contributed by atoms with Gasteiger partial charge in [-0.2, -0.15) is 0 Å². The molecule has 0 aliphatic rings. The van der Waals surface area contributed by atoms with Crippen molar-refractivity contribution in [1.29, 1.82) is 0 Å². The average molecular weight is 435 g/mol. The second-order valence-corrected chi connectivity index (χ2v) is 8.80. The molecule has 30 heavy (non-hydrogen) atoms. The highest BCUT2D eigenvalue weighted by atomic mass is 32.2. The van der Waals surface area contributed by atoms with Gasteiger partial charge in [-0.15, -0.1) is 21.5 Å². The number of aromatic nitrogens is 3. The zero-order valence-corrected chi connectivity index (χ0v) is 18.2. The molecule has 1 N–H and O–H groups in total. The van der Waals surface area contributed by atoms with Gasteiger partial charge in [0.15, 0.2) is 11.0 Å². The third kappa shape index (κ3) is 5.17. The lowest BCUT2D eigenvalue weighted by molar-refractivity contribution is -0.118. The summed E-state index contributed by atoms with van der Waals surface area (Å²) in [5.74, 6) is 1.10. The number of nitrogens with zero attached hydrogens (tertiary/aromatic N) is 3. The number of amides is 1. The van der Waals surface area contributed by atoms with Crippen LogP contribution in [0.4, 0.5) is 0 Å². The summed E-state index contributed by atoms with van der Waals surface area (Å²) in [7, 11) is 0. The molecule has 2 heterocycles. The molecule has 0 aliphatic heterocycles. The van der Waals surface area contributed by atoms with Gasteiger partial charge in [0.25, 0.3) is 0 Å². The largest absolute Gasteiger partial charge is 0.351 e. The first kappa shape index (κ1) is 20.4. The summed E-state index contributed by atoms with van der Waals surface area (Å²) in [6.45, 7) is 3.24. The standard InChI is InChI=1S/C23H22N4OS2/c1-17-9-11-18(12-10-17)14-24-21(28)16-30-23-26-25-22(20-8-5-13-29-20)27(23)15-19-6-3-2-4-7-19/h2-13H,14-16H2,1H3,(H,24,28). The second-order valence-electron chi connectivity index (χ2n) is 6.91. The number of benzene rings is 2. The van der Waals surface area contributed by atoms with Crippen LogP contribution in [0, 0.1) is 6.92 Å². The second kappa shape index (κ2) is 9.73. The van der Waals surface area contributed by atoms with E-state index in [1.165, 1.54) is 22.9 Å². The number of thiophene rings is 1. The molecule has 0 radical (unpaired) electrons. The first-order valence-electron chi connectivity index (χ1n) is 9.65. The Morgan fingerprint density at radius 3 is 2.53 bits per heavy atom. The molecule has 0 fully saturated rings. The maximum absolute atomic E-state index is 12.4. The van der Waals surface area contributed by atoms with Crippen LogP contribution in [-0.4, -0.2) is 26.4 Å². The lowest BCUT2D eigenvalue weighted by Crippen LogP contribution is -2.24. The van der Waals surface area contributed by atoms with E-state index >= 15 is 0 Å². The van der Waals surface area contributed by atoms with E-state index in [-0.39, 0.29) is 5.91 Å². The van der Waals surface area contributed by atoms with Crippen molar-refractivity contribution in [3.05, 3.63) is 88.8 Å². The molecule has 0 atom stereocenters. The third-order valence-electron chi connectivity index (χ3n) is 4.58. The number of hydrogen-bond acceptors (Lipinski definition) is 5. The van der Waals surface area contributed by atoms with Crippen LogP contribution >= 0.6 is 23.1 Å². The summed E-state index contributed by atoms with van der Waals surface area (Å²) in [4.78, 5) is 13.4. The van der Waals surface area contributed by atoms with Gasteiger partial charge in [-0.1, -0.05) is 78.0 Å². The minimum absolute atomic E-state index is 0.0208. The topological polar surface area (TPSA) is 59.8 Å². The molecule has 0 bridgehead atoms. The lowest BCUT2D eigenvalue weighted by atomic mass is 10.1. The first-order chi connectivity index (χ1) is 14.7. The van der Waals surface area contributed by atoms with Gasteiger partial charge < -0.3 is 5.32 Å². The van der Waals surface area contributed by atoms with Crippen LogP contribution in [0.25, 0.3) is 10.7 Å². The minimum Gasteiger partial charge on any atom is -0.351 e. The summed E-state index contributed by atoms with van der Waals surface area (Å²) in [6, 6.07) is 22.4. The summed E-state index contributed by atoms with van der Waals surface area (Å²) >= 11 is 3.05. The van der Waals surface area contributed by atoms with Gasteiger partial charge in [0.1, 0.15) is 0 Å². The molecule has 7 heteroatoms. The van der Waals surface area contributed by atoms with E-state index in [1.54, 1.807) is 11.3 Å². The van der Waals surface area contributed by atoms with Crippen LogP contribution in [-0.2, 0) is 17.9 Å². The van der Waals surface area contributed by atoms with Crippen molar-refractivity contribution in [2.24, 2.45) is 0 Å². The molecule has 4 aromatic rings. The van der Waals surface area contributed by atoms with Crippen LogP contribution in [0.5, 0.6) is 0 Å². The Bertz CT molecular complexity index is 1090. The molecule has 1 amide bonds. The molecule has 152 valence electrons. The van der Waals surface area contributed by atoms with Gasteiger partial charge >= 0.3 is 0 Å². The highest BCUT2D eigenvalue weighted by Crippen LogP contribution is 2.28. The number of aryl methyl sites for hydroxylation is 1. The molecule has 0 spiro atoms. The first-order valence-corrected chi connectivity index (χ1v) is 11.5. The van der Waals surface area contributed by atoms with E-state index in [0.29, 0.717) is 18.8 Å². The van der Waals surface area contributed by atoms with Gasteiger partial charge in [0.05, 0.1) is 17.2 Å². The molecular weight excluding hydrogens is 412 g/mol. The highest BCUT2D eigenvalue weighted by Gasteiger charge is 2.16. The maximum atomic E-state index is 12.4. The van der Waals surface area contributed by atoms with Gasteiger partial charge in [0.2, 0.25) is 5.91 Å². The minimum atomic E-state index is -0.0208. The monoisotopic (exact) mass is 434 g/mol. The number of carbonyl (C=O) groups is 1. The summed E-state index contributed by atoms with van der Waals surface area (Å²) < 4.78 is 2.08. The molecule has 2 aromatic carbocycles. The van der Waals surface area contributed by atoms with Gasteiger partial charge in [-0.3, -0.25) is 9.36 Å². The molecular formula is C23H22N4OS2. The quantitative estimate of drug-likeness (QED) is 0.406. The van der Waals surface area contributed by atoms with E-state index in [2.05, 4.69) is 51.3 Å². The summed E-state index contributed by atoms with van der Waals surface area (Å²) in [6.07, 6.45) is 0. The van der Waals surface area contributed by atoms with Gasteiger partial charge in [0, 0.05) is 6.54 Å². The van der Waals surface area contributed by atoms with Crippen molar-refractivity contribution in [2.75, 3.05) is 5.75 Å². The van der Waals surface area contributed by atoms with Crippen LogP contribution in [0.3, 0.4) is 0 Å². The molecule has 0 saturated carbocycles. The van der Waals surface area contributed by atoms with E-state index < -0.39 is 0 Å². The van der Waals surface area contributed by atoms with Crippen molar-refractivity contribution in [3.8, 4) is 10.7 Å². The van der Waals surface area contributed by atoms with Gasteiger partial charge in [-0.05, 0) is 29.5 Å². The van der Waals surface area contributed by atoms with Crippen LogP contribution in [0.2, 0.25) is 0 Å². The van der Waals surface area contributed by atoms with Crippen molar-refractivity contribution in [3.63, 3.8) is 0 Å². The highest BCUT2D eigenvalue weighted by molar-refractivity contribution is 7.99. The lowest BCUT2D eigenvalue weighted by Gasteiger charge is -2.10. The number of nitrogens with one attached hydrogen (secondary N) is 1. The Hall–Kier alpha value is -2.90. The average Bonchev–Trinajstić information content (AvgIpc) is 3.43. The van der Waals surface area contributed by atoms with Crippen LogP contribution < -0.4 is 5.32 Å². The molecule has 4 rings (SSSR count). The van der Waals surface area contributed by atoms with Crippen molar-refractivity contribution in [1.82, 2.24) is 20.1 Å². The van der Waals surface area contributed by atoms with E-state index in [0.717, 1.165) is 21.4 Å². The number of hydrogen-bond donors (Lipinski definition) is 1. The van der Waals surface area contributed by atoms with Crippen molar-refractivity contribution < 1.29 is 4.79 Å². The zero-order valence-electron chi connectivity index (χ0n) is 16.6. The fourth-order valence-corrected chi connectivity index (χ4v) is 4.46. The number of rotatable bonds is 8. The van der Waals surface area contributed by atoms with Crippen LogP contribution in [0.15, 0.2) is 77.3 Å². The number of carbonyl (C=O) groups excluding carboxylic acids is 1. The Labute approximate surface area is 184 Å². The SMILES string of the molecule is Cc1ccc(CNC(=O)CSc2nnc(-c3cccs3)n2Cc2ccccc2)cc1. The van der Waals surface area contributed by atoms with E-state index in [1.807, 2.05) is 47.8 Å². The smallest absolute Gasteiger partial charge is 0.230 e. The van der Waals surface area contributed by atoms with Crippen LogP contribution in [0.1, 0.15) is 16.7 Å². The molecule has 0 unspecified atom stereocenters. The third-order valence-corrected chi connectivity index (χ3v) is 6.42. The Morgan fingerprint density at radius 2 is 1.80 bits per heavy atom. The Morgan fingerprint density at radius 1 is 1.00 bits per heavy atom. The van der Waals surface area contributed by atoms with E-state index in [4.69, 9.17) is 0 Å².